The molecule has 24 heteroatoms. The lowest BCUT2D eigenvalue weighted by molar-refractivity contribution is -0.401. The molecule has 10 aromatic rings. The second-order valence-electron chi connectivity index (χ2n) is 10.8. The van der Waals surface area contributed by atoms with Crippen LogP contribution in [0.1, 0.15) is 86.3 Å². The first-order valence-corrected chi connectivity index (χ1v) is 21.7. The van der Waals surface area contributed by atoms with E-state index in [9.17, 15) is 44.9 Å². The van der Waals surface area contributed by atoms with Crippen LogP contribution in [-0.2, 0) is 20.5 Å². The van der Waals surface area contributed by atoms with Gasteiger partial charge in [0.05, 0.1) is 71.4 Å². The summed E-state index contributed by atoms with van der Waals surface area (Å²) >= 11 is 0. The number of furan rings is 10. The first-order chi connectivity index (χ1) is 32.5. The number of nitrogens with zero attached hydrogens (tertiary/aromatic N) is 2. The van der Waals surface area contributed by atoms with Gasteiger partial charge in [0.15, 0.2) is 11.6 Å². The van der Waals surface area contributed by atoms with Crippen LogP contribution in [-0.4, -0.2) is 20.5 Å². The van der Waals surface area contributed by atoms with E-state index in [-0.39, 0.29) is 51.3 Å². The van der Waals surface area contributed by atoms with Crippen LogP contribution in [0.15, 0.2) is 123 Å². The third-order valence-corrected chi connectivity index (χ3v) is 8.45. The van der Waals surface area contributed by atoms with Gasteiger partial charge in [0, 0.05) is 11.6 Å². The van der Waals surface area contributed by atoms with Gasteiger partial charge < -0.3 is 44.2 Å². The smallest absolute Gasteiger partial charge is 0.433 e. The molecule has 0 aliphatic heterocycles. The van der Waals surface area contributed by atoms with E-state index in [1.165, 1.54) is 55.6 Å². The molecule has 10 heterocycles. The lowest BCUT2D eigenvalue weighted by atomic mass is 10.3. The maximum Gasteiger partial charge on any atom is 0.449 e. The zero-order valence-electron chi connectivity index (χ0n) is 38.6. The molecule has 68 heavy (non-hydrogen) atoms. The van der Waals surface area contributed by atoms with Crippen molar-refractivity contribution in [3.05, 3.63) is 119 Å². The normalized spacial score (nSPS) is 10.2. The Morgan fingerprint density at radius 1 is 0.618 bits per heavy atom. The molecule has 0 amide bonds. The lowest BCUT2D eigenvalue weighted by Gasteiger charge is -1.98. The Balaban J connectivity index is 0.000000407. The largest absolute Gasteiger partial charge is 0.449 e. The lowest BCUT2D eigenvalue weighted by Crippen LogP contribution is -2.03. The van der Waals surface area contributed by atoms with Gasteiger partial charge >= 0.3 is 39.5 Å². The first-order valence-electron chi connectivity index (χ1n) is 20.3. The van der Waals surface area contributed by atoms with E-state index in [0.29, 0.717) is 21.7 Å². The summed E-state index contributed by atoms with van der Waals surface area (Å²) in [5.74, 6) is -3.09. The predicted molar refractivity (Wildman–Crippen MR) is 234 cm³/mol. The Morgan fingerprint density at radius 3 is 1.46 bits per heavy atom. The van der Waals surface area contributed by atoms with Gasteiger partial charge in [-0.1, -0.05) is 69.2 Å². The third kappa shape index (κ3) is 14.5. The quantitative estimate of drug-likeness (QED) is 0.0691. The summed E-state index contributed by atoms with van der Waals surface area (Å²) < 4.78 is 148. The zero-order valence-corrected chi connectivity index (χ0v) is 39.4. The Bertz CT molecular complexity index is 3080. The summed E-state index contributed by atoms with van der Waals surface area (Å²) in [6.45, 7) is 21.6. The molecular weight excluding hydrogens is 943 g/mol. The predicted octanol–water partition coefficient (Wildman–Crippen LogP) is 16.1. The summed E-state index contributed by atoms with van der Waals surface area (Å²) in [5, 5.41) is 19.4. The van der Waals surface area contributed by atoms with Crippen molar-refractivity contribution in [1.82, 2.24) is 0 Å². The molecule has 17 nitrogen and oxygen atoms in total. The molecule has 10 aromatic heterocycles. The number of aryl methyl sites for hydroxylation is 1. The number of fused-ring (bicyclic) bond motifs is 5. The van der Waals surface area contributed by atoms with Gasteiger partial charge in [-0.25, -0.2) is 8.78 Å². The van der Waals surface area contributed by atoms with Crippen molar-refractivity contribution in [2.45, 2.75) is 87.4 Å². The number of hydrogen-bond donors (Lipinski definition) is 0. The van der Waals surface area contributed by atoms with Crippen molar-refractivity contribution in [1.29, 1.82) is 5.26 Å². The van der Waals surface area contributed by atoms with E-state index < -0.39 is 49.7 Å². The number of nitro groups is 1. The van der Waals surface area contributed by atoms with Gasteiger partial charge in [-0.05, 0) is 37.3 Å². The van der Waals surface area contributed by atoms with Gasteiger partial charge in [-0.2, -0.15) is 31.2 Å². The van der Waals surface area contributed by atoms with Crippen LogP contribution >= 0.6 is 0 Å². The molecule has 0 N–H and O–H groups in total. The molecule has 0 spiro atoms. The van der Waals surface area contributed by atoms with Crippen LogP contribution in [0.2, 0.25) is 0 Å². The van der Waals surface area contributed by atoms with Crippen LogP contribution in [0.3, 0.4) is 0 Å². The highest BCUT2D eigenvalue weighted by Gasteiger charge is 2.35. The Labute approximate surface area is 383 Å². The number of halogens is 6. The summed E-state index contributed by atoms with van der Waals surface area (Å²) in [6.07, 6.45) is 2.22. The van der Waals surface area contributed by atoms with E-state index in [4.69, 9.17) is 27.3 Å². The van der Waals surface area contributed by atoms with Crippen molar-refractivity contribution < 1.29 is 88.0 Å². The Morgan fingerprint density at radius 2 is 1.04 bits per heavy atom. The third-order valence-electron chi connectivity index (χ3n) is 7.29. The molecule has 0 aliphatic carbocycles. The molecular formula is C44H48F6N2O15S. The van der Waals surface area contributed by atoms with Crippen LogP contribution in [0, 0.1) is 46.0 Å². The molecule has 0 fully saturated rings. The van der Waals surface area contributed by atoms with Gasteiger partial charge in [0.2, 0.25) is 11.5 Å². The minimum absolute atomic E-state index is 0.0272. The average Bonchev–Trinajstić information content (AvgIpc) is 4.19. The molecule has 372 valence electrons. The highest BCUT2D eigenvalue weighted by molar-refractivity contribution is 7.86. The monoisotopic (exact) mass is 990 g/mol. The molecule has 0 radical (unpaired) electrons. The summed E-state index contributed by atoms with van der Waals surface area (Å²) in [6, 6.07) is 10.6. The minimum atomic E-state index is -4.44. The highest BCUT2D eigenvalue weighted by atomic mass is 32.2. The van der Waals surface area contributed by atoms with Crippen molar-refractivity contribution in [3.63, 3.8) is 0 Å². The molecule has 0 atom stereocenters. The van der Waals surface area contributed by atoms with Crippen LogP contribution < -0.4 is 0 Å². The molecule has 10 rings (SSSR count). The number of nitriles is 1. The SMILES string of the molecule is CC.CC.CC.CC.CC.COS(=O)(=O)c1oc2occc2c1F.Cc1c(F)oc2occc12.FC(F)(F)c1cc2ccoc2o1.N#Cc1oc2occc2c1F.O=[N+]([O-])c1cc2ccoc2o1. The van der Waals surface area contributed by atoms with Gasteiger partial charge in [-0.15, -0.1) is 0 Å². The minimum Gasteiger partial charge on any atom is -0.433 e. The highest BCUT2D eigenvalue weighted by Crippen LogP contribution is 2.34. The van der Waals surface area contributed by atoms with Gasteiger partial charge in [0.1, 0.15) is 11.0 Å². The zero-order chi connectivity index (χ0) is 51.9. The number of rotatable bonds is 3. The van der Waals surface area contributed by atoms with Gasteiger partial charge in [0.25, 0.3) is 22.7 Å². The summed E-state index contributed by atoms with van der Waals surface area (Å²) in [7, 11) is -3.25. The van der Waals surface area contributed by atoms with Crippen molar-refractivity contribution in [2.24, 2.45) is 0 Å². The summed E-state index contributed by atoms with van der Waals surface area (Å²) in [5.41, 5.74) is 0.503. The second-order valence-corrected chi connectivity index (χ2v) is 12.4. The Hall–Kier alpha value is -7.52. The van der Waals surface area contributed by atoms with Crippen LogP contribution in [0.4, 0.5) is 32.2 Å². The molecule has 0 unspecified atom stereocenters. The standard InChI is InChI=1S/C7H3F3O2.C7H2FNO2.C7H5FO5S.C7H5FO2.C6H3NO4.5C2H6/c8-7(9,10)5-3-4-1-2-11-6(4)12-5;8-6-4-1-2-10-7(4)11-5(6)3-9;1-11-14(9,10)7-5(8)4-2-3-12-6(4)13-7;1-4-5-2-3-9-7(5)10-6(4)8;8-7(9)5-3-4-1-2-10-6(4)11-5;5*1-2/h1-3H;1-2H;2-3H,1H3;2-3H,1H3;1-3H;5*1-2H3. The first kappa shape index (κ1) is 58.5. The van der Waals surface area contributed by atoms with E-state index in [0.717, 1.165) is 13.2 Å². The fourth-order valence-corrected chi connectivity index (χ4v) is 5.20. The maximum atomic E-state index is 13.3. The number of hydrogen-bond acceptors (Lipinski definition) is 16. The average molecular weight is 991 g/mol. The Kier molecular flexibility index (Phi) is 23.9. The van der Waals surface area contributed by atoms with Crippen LogP contribution in [0.5, 0.6) is 0 Å². The molecule has 0 saturated carbocycles. The fourth-order valence-electron chi connectivity index (χ4n) is 4.55. The van der Waals surface area contributed by atoms with E-state index in [1.54, 1.807) is 25.1 Å². The van der Waals surface area contributed by atoms with E-state index in [2.05, 4.69) is 26.3 Å². The fraction of sp³-hybridized carbons (Fsp3) is 0.295. The molecule has 0 saturated heterocycles. The molecule has 0 aromatic carbocycles. The van der Waals surface area contributed by atoms with Crippen molar-refractivity contribution in [3.8, 4) is 6.07 Å². The van der Waals surface area contributed by atoms with E-state index >= 15 is 0 Å². The van der Waals surface area contributed by atoms with Crippen LogP contribution in [0.25, 0.3) is 55.8 Å². The summed E-state index contributed by atoms with van der Waals surface area (Å²) in [4.78, 5) is 9.54. The second kappa shape index (κ2) is 27.8. The van der Waals surface area contributed by atoms with Gasteiger partial charge in [-0.3, -0.25) is 14.3 Å². The van der Waals surface area contributed by atoms with Crippen molar-refractivity contribution >= 4 is 71.8 Å². The van der Waals surface area contributed by atoms with Crippen molar-refractivity contribution in [2.75, 3.05) is 7.11 Å². The topological polar surface area (TPSA) is 242 Å². The molecule has 0 bridgehead atoms. The maximum absolute atomic E-state index is 13.3. The number of alkyl halides is 3. The van der Waals surface area contributed by atoms with E-state index in [1.807, 2.05) is 69.2 Å². The molecule has 0 aliphatic rings.